The molecule has 1 aromatic heterocycles. The minimum Gasteiger partial charge on any atom is -0.481 e. The monoisotopic (exact) mass is 282 g/mol. The molecule has 1 aliphatic carbocycles. The maximum atomic E-state index is 11.9. The van der Waals surface area contributed by atoms with Crippen LogP contribution >= 0.6 is 11.3 Å². The van der Waals surface area contributed by atoms with Gasteiger partial charge in [0.2, 0.25) is 0 Å². The largest absolute Gasteiger partial charge is 0.481 e. The third kappa shape index (κ3) is 2.94. The summed E-state index contributed by atoms with van der Waals surface area (Å²) in [6, 6.07) is 0. The van der Waals surface area contributed by atoms with Gasteiger partial charge in [0.1, 0.15) is 5.69 Å². The fourth-order valence-corrected chi connectivity index (χ4v) is 2.57. The van der Waals surface area contributed by atoms with Crippen molar-refractivity contribution in [2.24, 2.45) is 5.41 Å². The van der Waals surface area contributed by atoms with Crippen molar-refractivity contribution in [1.29, 1.82) is 0 Å². The number of carbonyl (C=O) groups excluding carboxylic acids is 1. The van der Waals surface area contributed by atoms with Crippen LogP contribution < -0.4 is 5.32 Å². The van der Waals surface area contributed by atoms with E-state index in [4.69, 9.17) is 5.11 Å². The Morgan fingerprint density at radius 2 is 2.11 bits per heavy atom. The predicted molar refractivity (Wildman–Crippen MR) is 72.5 cm³/mol. The van der Waals surface area contributed by atoms with Crippen LogP contribution in [0.25, 0.3) is 0 Å². The van der Waals surface area contributed by atoms with Gasteiger partial charge in [0.25, 0.3) is 5.91 Å². The summed E-state index contributed by atoms with van der Waals surface area (Å²) in [4.78, 5) is 27.2. The van der Waals surface area contributed by atoms with Gasteiger partial charge in [0, 0.05) is 17.3 Å². The highest BCUT2D eigenvalue weighted by atomic mass is 32.1. The molecule has 0 saturated heterocycles. The van der Waals surface area contributed by atoms with Crippen LogP contribution in [0.3, 0.4) is 0 Å². The SMILES string of the molecule is CC(C)(C)c1nc(C(=O)NCC2(C(=O)O)CC2)cs1. The highest BCUT2D eigenvalue weighted by Crippen LogP contribution is 2.45. The molecule has 1 amide bonds. The first-order chi connectivity index (χ1) is 8.74. The lowest BCUT2D eigenvalue weighted by Gasteiger charge is -2.13. The molecule has 19 heavy (non-hydrogen) atoms. The number of nitrogens with zero attached hydrogens (tertiary/aromatic N) is 1. The van der Waals surface area contributed by atoms with Gasteiger partial charge < -0.3 is 10.4 Å². The second-order valence-electron chi connectivity index (χ2n) is 6.06. The fourth-order valence-electron chi connectivity index (χ4n) is 1.68. The minimum absolute atomic E-state index is 0.0814. The molecule has 104 valence electrons. The predicted octanol–water partition coefficient (Wildman–Crippen LogP) is 2.04. The third-order valence-corrected chi connectivity index (χ3v) is 4.54. The van der Waals surface area contributed by atoms with Crippen LogP contribution in [0, 0.1) is 5.41 Å². The molecule has 2 N–H and O–H groups in total. The van der Waals surface area contributed by atoms with E-state index in [0.29, 0.717) is 18.5 Å². The summed E-state index contributed by atoms with van der Waals surface area (Å²) in [5.74, 6) is -1.12. The maximum absolute atomic E-state index is 11.9. The van der Waals surface area contributed by atoms with Crippen LogP contribution in [0.2, 0.25) is 0 Å². The molecule has 0 aliphatic heterocycles. The molecule has 0 radical (unpaired) electrons. The topological polar surface area (TPSA) is 79.3 Å². The number of thiazole rings is 1. The lowest BCUT2D eigenvalue weighted by molar-refractivity contribution is -0.143. The van der Waals surface area contributed by atoms with E-state index in [1.165, 1.54) is 11.3 Å². The third-order valence-electron chi connectivity index (χ3n) is 3.27. The zero-order valence-corrected chi connectivity index (χ0v) is 12.1. The van der Waals surface area contributed by atoms with E-state index in [0.717, 1.165) is 5.01 Å². The Hall–Kier alpha value is -1.43. The van der Waals surface area contributed by atoms with Gasteiger partial charge in [0.05, 0.1) is 10.4 Å². The highest BCUT2D eigenvalue weighted by molar-refractivity contribution is 7.10. The van der Waals surface area contributed by atoms with Crippen LogP contribution in [-0.2, 0) is 10.2 Å². The first-order valence-corrected chi connectivity index (χ1v) is 7.10. The number of hydrogen-bond acceptors (Lipinski definition) is 4. The van der Waals surface area contributed by atoms with Crippen LogP contribution in [0.15, 0.2) is 5.38 Å². The van der Waals surface area contributed by atoms with Crippen LogP contribution in [0.1, 0.15) is 49.1 Å². The van der Waals surface area contributed by atoms with E-state index in [2.05, 4.69) is 10.3 Å². The smallest absolute Gasteiger partial charge is 0.311 e. The van der Waals surface area contributed by atoms with E-state index in [1.54, 1.807) is 5.38 Å². The Morgan fingerprint density at radius 1 is 1.47 bits per heavy atom. The van der Waals surface area contributed by atoms with Gasteiger partial charge in [-0.3, -0.25) is 9.59 Å². The number of hydrogen-bond donors (Lipinski definition) is 2. The summed E-state index contributed by atoms with van der Waals surface area (Å²) in [6.45, 7) is 6.30. The van der Waals surface area contributed by atoms with Gasteiger partial charge in [-0.25, -0.2) is 4.98 Å². The van der Waals surface area contributed by atoms with Crippen molar-refractivity contribution >= 4 is 23.2 Å². The van der Waals surface area contributed by atoms with Crippen LogP contribution in [0.4, 0.5) is 0 Å². The van der Waals surface area contributed by atoms with Gasteiger partial charge >= 0.3 is 5.97 Å². The van der Waals surface area contributed by atoms with Crippen molar-refractivity contribution in [2.75, 3.05) is 6.54 Å². The van der Waals surface area contributed by atoms with Gasteiger partial charge in [0.15, 0.2) is 0 Å². The molecule has 0 atom stereocenters. The Balaban J connectivity index is 1.97. The van der Waals surface area contributed by atoms with Crippen LogP contribution in [-0.4, -0.2) is 28.5 Å². The molecule has 0 unspecified atom stereocenters. The first-order valence-electron chi connectivity index (χ1n) is 6.22. The number of aliphatic carboxylic acids is 1. The maximum Gasteiger partial charge on any atom is 0.311 e. The molecule has 0 spiro atoms. The van der Waals surface area contributed by atoms with Gasteiger partial charge in [-0.1, -0.05) is 20.8 Å². The number of carboxylic acid groups (broad SMARTS) is 1. The van der Waals surface area contributed by atoms with Crippen molar-refractivity contribution in [2.45, 2.75) is 39.0 Å². The standard InChI is InChI=1S/C13H18N2O3S/c1-12(2,3)10-15-8(6-19-10)9(16)14-7-13(4-5-13)11(17)18/h6H,4-5,7H2,1-3H3,(H,14,16)(H,17,18). The summed E-state index contributed by atoms with van der Waals surface area (Å²) in [7, 11) is 0. The molecule has 1 saturated carbocycles. The van der Waals surface area contributed by atoms with Gasteiger partial charge in [-0.05, 0) is 12.8 Å². The fraction of sp³-hybridized carbons (Fsp3) is 0.615. The number of nitrogens with one attached hydrogen (secondary N) is 1. The average Bonchev–Trinajstić information content (AvgIpc) is 2.92. The Kier molecular flexibility index (Phi) is 3.38. The number of carbonyl (C=O) groups is 2. The molecule has 1 aromatic rings. The van der Waals surface area contributed by atoms with Crippen molar-refractivity contribution in [1.82, 2.24) is 10.3 Å². The first kappa shape index (κ1) is 14.0. The quantitative estimate of drug-likeness (QED) is 0.885. The van der Waals surface area contributed by atoms with Crippen molar-refractivity contribution in [3.05, 3.63) is 16.1 Å². The summed E-state index contributed by atoms with van der Waals surface area (Å²) in [5, 5.41) is 14.3. The number of aromatic nitrogens is 1. The average molecular weight is 282 g/mol. The molecular weight excluding hydrogens is 264 g/mol. The van der Waals surface area contributed by atoms with Crippen LogP contribution in [0.5, 0.6) is 0 Å². The van der Waals surface area contributed by atoms with E-state index < -0.39 is 11.4 Å². The molecular formula is C13H18N2O3S. The Labute approximate surface area is 116 Å². The summed E-state index contributed by atoms with van der Waals surface area (Å²) in [6.07, 6.45) is 1.26. The van der Waals surface area contributed by atoms with Crippen molar-refractivity contribution in [3.63, 3.8) is 0 Å². The van der Waals surface area contributed by atoms with Crippen molar-refractivity contribution < 1.29 is 14.7 Å². The number of amides is 1. The summed E-state index contributed by atoms with van der Waals surface area (Å²) in [5.41, 5.74) is -0.448. The molecule has 6 heteroatoms. The van der Waals surface area contributed by atoms with Gasteiger partial charge in [-0.2, -0.15) is 0 Å². The minimum atomic E-state index is -0.832. The van der Waals surface area contributed by atoms with Crippen molar-refractivity contribution in [3.8, 4) is 0 Å². The molecule has 1 heterocycles. The van der Waals surface area contributed by atoms with E-state index in [-0.39, 0.29) is 17.9 Å². The van der Waals surface area contributed by atoms with E-state index in [9.17, 15) is 9.59 Å². The van der Waals surface area contributed by atoms with Gasteiger partial charge in [-0.15, -0.1) is 11.3 Å². The second-order valence-corrected chi connectivity index (χ2v) is 6.91. The second kappa shape index (κ2) is 4.59. The Morgan fingerprint density at radius 3 is 2.53 bits per heavy atom. The molecule has 5 nitrogen and oxygen atoms in total. The molecule has 0 aromatic carbocycles. The number of carboxylic acids is 1. The van der Waals surface area contributed by atoms with E-state index in [1.807, 2.05) is 20.8 Å². The lowest BCUT2D eigenvalue weighted by atomic mass is 9.98. The summed E-state index contributed by atoms with van der Waals surface area (Å²) >= 11 is 1.45. The lowest BCUT2D eigenvalue weighted by Crippen LogP contribution is -2.34. The molecule has 2 rings (SSSR count). The zero-order valence-electron chi connectivity index (χ0n) is 11.3. The number of rotatable bonds is 4. The molecule has 1 fully saturated rings. The highest BCUT2D eigenvalue weighted by Gasteiger charge is 2.50. The Bertz CT molecular complexity index is 512. The normalized spacial score (nSPS) is 17.0. The summed E-state index contributed by atoms with van der Waals surface area (Å²) < 4.78 is 0. The molecule has 1 aliphatic rings. The molecule has 0 bridgehead atoms. The zero-order chi connectivity index (χ0) is 14.3. The van der Waals surface area contributed by atoms with E-state index >= 15 is 0 Å².